The quantitative estimate of drug-likeness (QED) is 0.794. The van der Waals surface area contributed by atoms with Crippen molar-refractivity contribution in [3.05, 3.63) is 24.0 Å². The number of rotatable bonds is 2. The Balaban J connectivity index is 2.12. The number of pyridine rings is 1. The Morgan fingerprint density at radius 3 is 2.80 bits per heavy atom. The van der Waals surface area contributed by atoms with E-state index in [-0.39, 0.29) is 0 Å². The van der Waals surface area contributed by atoms with E-state index < -0.39 is 0 Å². The normalized spacial score (nSPS) is 17.7. The van der Waals surface area contributed by atoms with Crippen LogP contribution >= 0.6 is 0 Å². The van der Waals surface area contributed by atoms with Gasteiger partial charge in [0.15, 0.2) is 0 Å². The van der Waals surface area contributed by atoms with Gasteiger partial charge < -0.3 is 10.2 Å². The SMILES string of the molecule is Cc1ccncc1N(C)C1CCNCC1. The molecule has 0 radical (unpaired) electrons. The van der Waals surface area contributed by atoms with Gasteiger partial charge >= 0.3 is 0 Å². The maximum absolute atomic E-state index is 4.20. The van der Waals surface area contributed by atoms with Crippen LogP contribution in [0.4, 0.5) is 5.69 Å². The summed E-state index contributed by atoms with van der Waals surface area (Å²) in [7, 11) is 2.18. The Morgan fingerprint density at radius 2 is 2.13 bits per heavy atom. The van der Waals surface area contributed by atoms with Gasteiger partial charge in [0.1, 0.15) is 0 Å². The van der Waals surface area contributed by atoms with E-state index in [0.29, 0.717) is 6.04 Å². The van der Waals surface area contributed by atoms with Crippen LogP contribution in [0.2, 0.25) is 0 Å². The molecule has 0 aliphatic carbocycles. The maximum Gasteiger partial charge on any atom is 0.0582 e. The zero-order chi connectivity index (χ0) is 10.7. The van der Waals surface area contributed by atoms with E-state index in [0.717, 1.165) is 13.1 Å². The molecule has 82 valence electrons. The van der Waals surface area contributed by atoms with Gasteiger partial charge in [0.25, 0.3) is 0 Å². The first-order chi connectivity index (χ1) is 7.29. The zero-order valence-electron chi connectivity index (χ0n) is 9.53. The van der Waals surface area contributed by atoms with Crippen LogP contribution in [-0.4, -0.2) is 31.2 Å². The van der Waals surface area contributed by atoms with Gasteiger partial charge in [-0.15, -0.1) is 0 Å². The largest absolute Gasteiger partial charge is 0.370 e. The number of nitrogens with zero attached hydrogens (tertiary/aromatic N) is 2. The summed E-state index contributed by atoms with van der Waals surface area (Å²) in [6.45, 7) is 4.41. The van der Waals surface area contributed by atoms with Crippen LogP contribution < -0.4 is 10.2 Å². The molecule has 0 atom stereocenters. The Kier molecular flexibility index (Phi) is 3.21. The van der Waals surface area contributed by atoms with E-state index in [9.17, 15) is 0 Å². The lowest BCUT2D eigenvalue weighted by Gasteiger charge is -2.33. The average molecular weight is 205 g/mol. The van der Waals surface area contributed by atoms with Crippen LogP contribution in [0.5, 0.6) is 0 Å². The number of nitrogens with one attached hydrogen (secondary N) is 1. The molecule has 0 bridgehead atoms. The molecule has 15 heavy (non-hydrogen) atoms. The first-order valence-electron chi connectivity index (χ1n) is 5.63. The van der Waals surface area contributed by atoms with Gasteiger partial charge in [0.05, 0.1) is 11.9 Å². The second-order valence-corrected chi connectivity index (χ2v) is 4.25. The fourth-order valence-corrected chi connectivity index (χ4v) is 2.22. The summed E-state index contributed by atoms with van der Waals surface area (Å²) in [4.78, 5) is 6.58. The number of hydrogen-bond acceptors (Lipinski definition) is 3. The van der Waals surface area contributed by atoms with E-state index >= 15 is 0 Å². The van der Waals surface area contributed by atoms with Crippen molar-refractivity contribution in [3.8, 4) is 0 Å². The molecule has 0 amide bonds. The average Bonchev–Trinajstić information content (AvgIpc) is 2.30. The second-order valence-electron chi connectivity index (χ2n) is 4.25. The number of aryl methyl sites for hydroxylation is 1. The van der Waals surface area contributed by atoms with Crippen molar-refractivity contribution in [2.24, 2.45) is 0 Å². The van der Waals surface area contributed by atoms with Crippen molar-refractivity contribution in [2.45, 2.75) is 25.8 Å². The first kappa shape index (κ1) is 10.4. The molecule has 1 aromatic rings. The fourth-order valence-electron chi connectivity index (χ4n) is 2.22. The van der Waals surface area contributed by atoms with Crippen molar-refractivity contribution in [2.75, 3.05) is 25.0 Å². The summed E-state index contributed by atoms with van der Waals surface area (Å²) >= 11 is 0. The lowest BCUT2D eigenvalue weighted by Crippen LogP contribution is -2.41. The Morgan fingerprint density at radius 1 is 1.40 bits per heavy atom. The van der Waals surface area contributed by atoms with Gasteiger partial charge in [0, 0.05) is 19.3 Å². The summed E-state index contributed by atoms with van der Waals surface area (Å²) in [6.07, 6.45) is 6.28. The van der Waals surface area contributed by atoms with Crippen LogP contribution in [0.25, 0.3) is 0 Å². The zero-order valence-corrected chi connectivity index (χ0v) is 9.53. The molecule has 1 fully saturated rings. The van der Waals surface area contributed by atoms with Gasteiger partial charge in [-0.3, -0.25) is 4.98 Å². The van der Waals surface area contributed by atoms with Gasteiger partial charge in [-0.05, 0) is 44.5 Å². The molecule has 1 saturated heterocycles. The third-order valence-electron chi connectivity index (χ3n) is 3.25. The molecule has 1 aromatic heterocycles. The molecule has 1 N–H and O–H groups in total. The van der Waals surface area contributed by atoms with E-state index in [4.69, 9.17) is 0 Å². The van der Waals surface area contributed by atoms with Crippen molar-refractivity contribution in [1.82, 2.24) is 10.3 Å². The highest BCUT2D eigenvalue weighted by Crippen LogP contribution is 2.22. The predicted octanol–water partition coefficient (Wildman–Crippen LogP) is 1.58. The lowest BCUT2D eigenvalue weighted by molar-refractivity contribution is 0.443. The topological polar surface area (TPSA) is 28.2 Å². The lowest BCUT2D eigenvalue weighted by atomic mass is 10.0. The van der Waals surface area contributed by atoms with Gasteiger partial charge in [-0.2, -0.15) is 0 Å². The first-order valence-corrected chi connectivity index (χ1v) is 5.63. The van der Waals surface area contributed by atoms with Crippen LogP contribution in [0.1, 0.15) is 18.4 Å². The van der Waals surface area contributed by atoms with Crippen LogP contribution in [0.15, 0.2) is 18.5 Å². The summed E-state index contributed by atoms with van der Waals surface area (Å²) in [5.74, 6) is 0. The van der Waals surface area contributed by atoms with Crippen molar-refractivity contribution in [3.63, 3.8) is 0 Å². The smallest absolute Gasteiger partial charge is 0.0582 e. The van der Waals surface area contributed by atoms with Crippen LogP contribution in [0.3, 0.4) is 0 Å². The summed E-state index contributed by atoms with van der Waals surface area (Å²) in [5.41, 5.74) is 2.58. The minimum Gasteiger partial charge on any atom is -0.370 e. The van der Waals surface area contributed by atoms with Gasteiger partial charge in [0.2, 0.25) is 0 Å². The van der Waals surface area contributed by atoms with Crippen LogP contribution in [-0.2, 0) is 0 Å². The van der Waals surface area contributed by atoms with Crippen molar-refractivity contribution >= 4 is 5.69 Å². The number of hydrogen-bond donors (Lipinski definition) is 1. The molecule has 0 spiro atoms. The fraction of sp³-hybridized carbons (Fsp3) is 0.583. The highest BCUT2D eigenvalue weighted by molar-refractivity contribution is 5.51. The molecule has 2 rings (SSSR count). The Hall–Kier alpha value is -1.09. The summed E-state index contributed by atoms with van der Waals surface area (Å²) in [6, 6.07) is 2.74. The van der Waals surface area contributed by atoms with Gasteiger partial charge in [-0.1, -0.05) is 0 Å². The maximum atomic E-state index is 4.20. The minimum atomic E-state index is 0.661. The number of anilines is 1. The monoisotopic (exact) mass is 205 g/mol. The van der Waals surface area contributed by atoms with E-state index in [1.54, 1.807) is 0 Å². The van der Waals surface area contributed by atoms with E-state index in [2.05, 4.69) is 35.2 Å². The summed E-state index contributed by atoms with van der Waals surface area (Å²) < 4.78 is 0. The van der Waals surface area contributed by atoms with Gasteiger partial charge in [-0.25, -0.2) is 0 Å². The molecular formula is C12H19N3. The van der Waals surface area contributed by atoms with E-state index in [1.807, 2.05) is 12.4 Å². The third kappa shape index (κ3) is 2.29. The van der Waals surface area contributed by atoms with Crippen molar-refractivity contribution in [1.29, 1.82) is 0 Å². The van der Waals surface area contributed by atoms with Crippen LogP contribution in [0, 0.1) is 6.92 Å². The molecule has 0 aromatic carbocycles. The molecular weight excluding hydrogens is 186 g/mol. The molecule has 0 saturated carbocycles. The van der Waals surface area contributed by atoms with Crippen molar-refractivity contribution < 1.29 is 0 Å². The highest BCUT2D eigenvalue weighted by atomic mass is 15.2. The highest BCUT2D eigenvalue weighted by Gasteiger charge is 2.18. The Labute approximate surface area is 91.5 Å². The third-order valence-corrected chi connectivity index (χ3v) is 3.25. The molecule has 3 heteroatoms. The summed E-state index contributed by atoms with van der Waals surface area (Å²) in [5, 5.41) is 3.39. The minimum absolute atomic E-state index is 0.661. The molecule has 0 unspecified atom stereocenters. The second kappa shape index (κ2) is 4.62. The van der Waals surface area contributed by atoms with E-state index in [1.165, 1.54) is 24.1 Å². The standard InChI is InChI=1S/C12H19N3/c1-10-3-6-14-9-12(10)15(2)11-4-7-13-8-5-11/h3,6,9,11,13H,4-5,7-8H2,1-2H3. The molecule has 1 aliphatic heterocycles. The predicted molar refractivity (Wildman–Crippen MR) is 63.3 cm³/mol. The number of aromatic nitrogens is 1. The molecule has 3 nitrogen and oxygen atoms in total. The molecule has 1 aliphatic rings. The number of piperidine rings is 1. The Bertz CT molecular complexity index is 318. The molecule has 2 heterocycles.